The number of aromatic nitrogens is 3. The molecule has 0 radical (unpaired) electrons. The average Bonchev–Trinajstić information content (AvgIpc) is 3.22. The van der Waals surface area contributed by atoms with E-state index >= 15 is 0 Å². The number of amides is 1. The number of nitrogens with zero attached hydrogens (tertiary/aromatic N) is 5. The van der Waals surface area contributed by atoms with Crippen LogP contribution in [-0.4, -0.2) is 62.2 Å². The first-order chi connectivity index (χ1) is 10.3. The zero-order valence-corrected chi connectivity index (χ0v) is 12.8. The highest BCUT2D eigenvalue weighted by Crippen LogP contribution is 2.30. The maximum absolute atomic E-state index is 12.1. The van der Waals surface area contributed by atoms with Gasteiger partial charge >= 0.3 is 0 Å². The van der Waals surface area contributed by atoms with E-state index in [9.17, 15) is 4.79 Å². The predicted octanol–water partition coefficient (Wildman–Crippen LogP) is 1.14. The van der Waals surface area contributed by atoms with Crippen molar-refractivity contribution in [2.75, 3.05) is 19.6 Å². The van der Waals surface area contributed by atoms with Gasteiger partial charge < -0.3 is 4.90 Å². The van der Waals surface area contributed by atoms with Gasteiger partial charge in [-0.3, -0.25) is 14.4 Å². The first kappa shape index (κ1) is 14.5. The summed E-state index contributed by atoms with van der Waals surface area (Å²) in [4.78, 5) is 20.8. The van der Waals surface area contributed by atoms with Crippen molar-refractivity contribution in [2.45, 2.75) is 57.7 Å². The third-order valence-corrected chi connectivity index (χ3v) is 4.86. The summed E-state index contributed by atoms with van der Waals surface area (Å²) in [5.41, 5.74) is 0. The van der Waals surface area contributed by atoms with Crippen molar-refractivity contribution in [2.24, 2.45) is 0 Å². The molecule has 0 unspecified atom stereocenters. The number of carbonyl (C=O) groups excluding carboxylic acids is 1. The lowest BCUT2D eigenvalue weighted by Crippen LogP contribution is -2.48. The lowest BCUT2D eigenvalue weighted by molar-refractivity contribution is -0.132. The molecule has 1 aromatic heterocycles. The van der Waals surface area contributed by atoms with Gasteiger partial charge in [0.15, 0.2) is 0 Å². The Labute approximate surface area is 126 Å². The minimum absolute atomic E-state index is 0.320. The number of carbonyl (C=O) groups is 1. The quantitative estimate of drug-likeness (QED) is 0.816. The van der Waals surface area contributed by atoms with Gasteiger partial charge in [0.05, 0.1) is 6.54 Å². The molecule has 0 N–H and O–H groups in total. The predicted molar refractivity (Wildman–Crippen MR) is 79.6 cm³/mol. The molecule has 21 heavy (non-hydrogen) atoms. The van der Waals surface area contributed by atoms with Gasteiger partial charge in [-0.05, 0) is 32.2 Å². The van der Waals surface area contributed by atoms with Crippen molar-refractivity contribution < 1.29 is 4.79 Å². The molecule has 6 nitrogen and oxygen atoms in total. The number of hydrogen-bond donors (Lipinski definition) is 0. The smallest absolute Gasteiger partial charge is 0.222 e. The molecule has 2 saturated heterocycles. The Kier molecular flexibility index (Phi) is 4.53. The maximum Gasteiger partial charge on any atom is 0.222 e. The van der Waals surface area contributed by atoms with Crippen molar-refractivity contribution >= 4 is 5.91 Å². The SMILES string of the molecule is CCC(=O)N1CCC[C@H]1[C@H]1CCCN1CCn1cncn1. The molecular formula is C15H25N5O. The van der Waals surface area contributed by atoms with E-state index < -0.39 is 0 Å². The zero-order chi connectivity index (χ0) is 14.7. The highest BCUT2D eigenvalue weighted by atomic mass is 16.2. The fraction of sp³-hybridized carbons (Fsp3) is 0.800. The van der Waals surface area contributed by atoms with E-state index in [1.807, 2.05) is 11.6 Å². The van der Waals surface area contributed by atoms with Crippen LogP contribution >= 0.6 is 0 Å². The Morgan fingerprint density at radius 3 is 2.76 bits per heavy atom. The van der Waals surface area contributed by atoms with Gasteiger partial charge in [0, 0.05) is 31.6 Å². The molecule has 3 heterocycles. The van der Waals surface area contributed by atoms with Crippen LogP contribution in [0.1, 0.15) is 39.0 Å². The van der Waals surface area contributed by atoms with Crippen LogP contribution in [0, 0.1) is 0 Å². The van der Waals surface area contributed by atoms with Crippen LogP contribution < -0.4 is 0 Å². The number of hydrogen-bond acceptors (Lipinski definition) is 4. The third-order valence-electron chi connectivity index (χ3n) is 4.86. The molecule has 2 fully saturated rings. The second kappa shape index (κ2) is 6.56. The number of rotatable bonds is 5. The highest BCUT2D eigenvalue weighted by Gasteiger charge is 2.38. The van der Waals surface area contributed by atoms with Gasteiger partial charge in [-0.15, -0.1) is 0 Å². The van der Waals surface area contributed by atoms with E-state index in [1.165, 1.54) is 12.8 Å². The van der Waals surface area contributed by atoms with Crippen LogP contribution in [0.4, 0.5) is 0 Å². The Morgan fingerprint density at radius 1 is 1.19 bits per heavy atom. The van der Waals surface area contributed by atoms with Gasteiger partial charge in [0.25, 0.3) is 0 Å². The van der Waals surface area contributed by atoms with Crippen LogP contribution in [0.5, 0.6) is 0 Å². The molecule has 1 aromatic rings. The Hall–Kier alpha value is -1.43. The largest absolute Gasteiger partial charge is 0.338 e. The summed E-state index contributed by atoms with van der Waals surface area (Å²) in [7, 11) is 0. The third kappa shape index (κ3) is 3.10. The first-order valence-corrected chi connectivity index (χ1v) is 8.15. The molecule has 0 aromatic carbocycles. The zero-order valence-electron chi connectivity index (χ0n) is 12.8. The van der Waals surface area contributed by atoms with E-state index in [4.69, 9.17) is 0 Å². The summed E-state index contributed by atoms with van der Waals surface area (Å²) in [5.74, 6) is 0.320. The van der Waals surface area contributed by atoms with Crippen molar-refractivity contribution in [3.8, 4) is 0 Å². The van der Waals surface area contributed by atoms with Gasteiger partial charge in [-0.25, -0.2) is 4.98 Å². The molecule has 3 rings (SSSR count). The van der Waals surface area contributed by atoms with E-state index in [2.05, 4.69) is 19.9 Å². The summed E-state index contributed by atoms with van der Waals surface area (Å²) in [5, 5.41) is 4.17. The van der Waals surface area contributed by atoms with Crippen LogP contribution in [-0.2, 0) is 11.3 Å². The normalized spacial score (nSPS) is 26.6. The summed E-state index contributed by atoms with van der Waals surface area (Å²) < 4.78 is 1.89. The number of likely N-dealkylation sites (tertiary alicyclic amines) is 2. The van der Waals surface area contributed by atoms with Gasteiger partial charge in [0.1, 0.15) is 12.7 Å². The van der Waals surface area contributed by atoms with Crippen molar-refractivity contribution in [3.05, 3.63) is 12.7 Å². The second-order valence-corrected chi connectivity index (χ2v) is 6.05. The Balaban J connectivity index is 1.61. The van der Waals surface area contributed by atoms with Crippen LogP contribution in [0.2, 0.25) is 0 Å². The summed E-state index contributed by atoms with van der Waals surface area (Å²) in [6, 6.07) is 0.960. The van der Waals surface area contributed by atoms with E-state index in [0.29, 0.717) is 24.4 Å². The molecule has 0 bridgehead atoms. The van der Waals surface area contributed by atoms with Crippen molar-refractivity contribution in [3.63, 3.8) is 0 Å². The molecule has 116 valence electrons. The minimum Gasteiger partial charge on any atom is -0.338 e. The lowest BCUT2D eigenvalue weighted by Gasteiger charge is -2.35. The van der Waals surface area contributed by atoms with E-state index in [1.54, 1.807) is 12.7 Å². The average molecular weight is 291 g/mol. The van der Waals surface area contributed by atoms with Crippen molar-refractivity contribution in [1.29, 1.82) is 0 Å². The molecule has 1 amide bonds. The maximum atomic E-state index is 12.1. The second-order valence-electron chi connectivity index (χ2n) is 6.05. The molecule has 0 spiro atoms. The van der Waals surface area contributed by atoms with Gasteiger partial charge in [0.2, 0.25) is 5.91 Å². The van der Waals surface area contributed by atoms with Crippen molar-refractivity contribution in [1.82, 2.24) is 24.6 Å². The molecule has 2 aliphatic rings. The summed E-state index contributed by atoms with van der Waals surface area (Å²) in [6.45, 7) is 5.94. The van der Waals surface area contributed by atoms with Gasteiger partial charge in [-0.1, -0.05) is 6.92 Å². The minimum atomic E-state index is 0.320. The van der Waals surface area contributed by atoms with E-state index in [0.717, 1.165) is 39.0 Å². The topological polar surface area (TPSA) is 54.3 Å². The molecule has 6 heteroatoms. The highest BCUT2D eigenvalue weighted by molar-refractivity contribution is 5.76. The first-order valence-electron chi connectivity index (χ1n) is 8.15. The van der Waals surface area contributed by atoms with Crippen LogP contribution in [0.15, 0.2) is 12.7 Å². The van der Waals surface area contributed by atoms with Gasteiger partial charge in [-0.2, -0.15) is 5.10 Å². The molecule has 0 aliphatic carbocycles. The Morgan fingerprint density at radius 2 is 2.00 bits per heavy atom. The van der Waals surface area contributed by atoms with E-state index in [-0.39, 0.29) is 0 Å². The molecular weight excluding hydrogens is 266 g/mol. The fourth-order valence-corrected chi connectivity index (χ4v) is 3.85. The lowest BCUT2D eigenvalue weighted by atomic mass is 10.0. The molecule has 2 atom stereocenters. The summed E-state index contributed by atoms with van der Waals surface area (Å²) >= 11 is 0. The van der Waals surface area contributed by atoms with Crippen LogP contribution in [0.3, 0.4) is 0 Å². The fourth-order valence-electron chi connectivity index (χ4n) is 3.85. The Bertz CT molecular complexity index is 461. The monoisotopic (exact) mass is 291 g/mol. The summed E-state index contributed by atoms with van der Waals surface area (Å²) in [6.07, 6.45) is 8.76. The standard InChI is InChI=1S/C15H25N5O/c1-2-15(21)20-8-4-6-14(20)13-5-3-7-18(13)9-10-19-12-16-11-17-19/h11-14H,2-10H2,1H3/t13-,14+/m1/s1. The van der Waals surface area contributed by atoms with Crippen LogP contribution in [0.25, 0.3) is 0 Å². The molecule has 2 aliphatic heterocycles. The molecule has 0 saturated carbocycles.